The zero-order valence-electron chi connectivity index (χ0n) is 13.1. The van der Waals surface area contributed by atoms with Gasteiger partial charge in [0.05, 0.1) is 5.41 Å². The third-order valence-corrected chi connectivity index (χ3v) is 4.11. The SMILES string of the molecule is CC1CCCCCC1NC(=O)NC(=O)CC(C)(C)C(=O)O. The van der Waals surface area contributed by atoms with Crippen LogP contribution in [-0.4, -0.2) is 29.1 Å². The average Bonchev–Trinajstić information content (AvgIpc) is 2.53. The summed E-state index contributed by atoms with van der Waals surface area (Å²) in [5.41, 5.74) is -1.18. The quantitative estimate of drug-likeness (QED) is 0.694. The first-order valence-corrected chi connectivity index (χ1v) is 7.56. The van der Waals surface area contributed by atoms with Crippen molar-refractivity contribution in [1.29, 1.82) is 0 Å². The van der Waals surface area contributed by atoms with E-state index in [0.717, 1.165) is 19.3 Å². The lowest BCUT2D eigenvalue weighted by Crippen LogP contribution is -2.47. The number of carboxylic acids is 1. The molecule has 2 atom stereocenters. The Bertz CT molecular complexity index is 406. The van der Waals surface area contributed by atoms with Gasteiger partial charge in [-0.25, -0.2) is 4.79 Å². The maximum atomic E-state index is 11.8. The van der Waals surface area contributed by atoms with Crippen molar-refractivity contribution in [2.75, 3.05) is 0 Å². The van der Waals surface area contributed by atoms with Gasteiger partial charge in [-0.1, -0.05) is 26.2 Å². The van der Waals surface area contributed by atoms with Crippen LogP contribution in [0.25, 0.3) is 0 Å². The van der Waals surface area contributed by atoms with Crippen LogP contribution < -0.4 is 10.6 Å². The third kappa shape index (κ3) is 5.73. The molecule has 1 saturated carbocycles. The topological polar surface area (TPSA) is 95.5 Å². The van der Waals surface area contributed by atoms with Crippen LogP contribution in [0.3, 0.4) is 0 Å². The minimum absolute atomic E-state index is 0.0767. The van der Waals surface area contributed by atoms with E-state index in [1.165, 1.54) is 26.7 Å². The molecule has 0 aromatic heterocycles. The number of hydrogen-bond donors (Lipinski definition) is 3. The van der Waals surface area contributed by atoms with Crippen molar-refractivity contribution in [1.82, 2.24) is 10.6 Å². The molecule has 3 N–H and O–H groups in total. The van der Waals surface area contributed by atoms with Gasteiger partial charge in [0.2, 0.25) is 5.91 Å². The molecular formula is C15H26N2O4. The molecular weight excluding hydrogens is 272 g/mol. The van der Waals surface area contributed by atoms with E-state index in [1.54, 1.807) is 0 Å². The number of hydrogen-bond acceptors (Lipinski definition) is 3. The van der Waals surface area contributed by atoms with E-state index in [9.17, 15) is 14.4 Å². The predicted octanol–water partition coefficient (Wildman–Crippen LogP) is 2.28. The number of amides is 3. The van der Waals surface area contributed by atoms with Crippen LogP contribution in [0.4, 0.5) is 4.79 Å². The lowest BCUT2D eigenvalue weighted by molar-refractivity contribution is -0.149. The molecule has 6 heteroatoms. The standard InChI is InChI=1S/C15H26N2O4/c1-10-7-5-4-6-8-11(10)16-14(21)17-12(18)9-15(2,3)13(19)20/h10-11H,4-9H2,1-3H3,(H,19,20)(H2,16,17,18,21). The van der Waals surface area contributed by atoms with Gasteiger partial charge in [0.1, 0.15) is 0 Å². The molecule has 0 heterocycles. The largest absolute Gasteiger partial charge is 0.481 e. The zero-order chi connectivity index (χ0) is 16.0. The van der Waals surface area contributed by atoms with Gasteiger partial charge in [-0.3, -0.25) is 14.9 Å². The van der Waals surface area contributed by atoms with Crippen LogP contribution in [0, 0.1) is 11.3 Å². The van der Waals surface area contributed by atoms with Gasteiger partial charge in [0, 0.05) is 12.5 Å². The normalized spacial score (nSPS) is 23.0. The Balaban J connectivity index is 2.45. The molecule has 6 nitrogen and oxygen atoms in total. The Hall–Kier alpha value is -1.59. The summed E-state index contributed by atoms with van der Waals surface area (Å²) in [7, 11) is 0. The van der Waals surface area contributed by atoms with E-state index in [4.69, 9.17) is 5.11 Å². The molecule has 1 rings (SSSR count). The molecule has 0 aromatic rings. The van der Waals surface area contributed by atoms with E-state index in [0.29, 0.717) is 5.92 Å². The van der Waals surface area contributed by atoms with Gasteiger partial charge < -0.3 is 10.4 Å². The number of carbonyl (C=O) groups excluding carboxylic acids is 2. The van der Waals surface area contributed by atoms with Crippen molar-refractivity contribution in [3.8, 4) is 0 Å². The van der Waals surface area contributed by atoms with Crippen molar-refractivity contribution in [3.63, 3.8) is 0 Å². The molecule has 0 aromatic carbocycles. The molecule has 0 saturated heterocycles. The Morgan fingerprint density at radius 1 is 1.14 bits per heavy atom. The van der Waals surface area contributed by atoms with E-state index in [1.807, 2.05) is 0 Å². The second-order valence-electron chi connectivity index (χ2n) is 6.61. The fourth-order valence-corrected chi connectivity index (χ4v) is 2.56. The van der Waals surface area contributed by atoms with Crippen LogP contribution in [0.2, 0.25) is 0 Å². The smallest absolute Gasteiger partial charge is 0.321 e. The Morgan fingerprint density at radius 3 is 2.38 bits per heavy atom. The minimum atomic E-state index is -1.18. The molecule has 3 amide bonds. The third-order valence-electron chi connectivity index (χ3n) is 4.11. The highest BCUT2D eigenvalue weighted by Crippen LogP contribution is 2.23. The van der Waals surface area contributed by atoms with Crippen molar-refractivity contribution in [2.24, 2.45) is 11.3 Å². The second-order valence-corrected chi connectivity index (χ2v) is 6.61. The molecule has 0 radical (unpaired) electrons. The first-order chi connectivity index (χ1) is 9.72. The number of urea groups is 1. The van der Waals surface area contributed by atoms with Crippen molar-refractivity contribution in [3.05, 3.63) is 0 Å². The summed E-state index contributed by atoms with van der Waals surface area (Å²) in [4.78, 5) is 34.5. The number of aliphatic carboxylic acids is 1. The first-order valence-electron chi connectivity index (χ1n) is 7.56. The molecule has 2 unspecified atom stereocenters. The minimum Gasteiger partial charge on any atom is -0.481 e. The molecule has 0 spiro atoms. The highest BCUT2D eigenvalue weighted by atomic mass is 16.4. The van der Waals surface area contributed by atoms with Gasteiger partial charge in [0.25, 0.3) is 0 Å². The Labute approximate surface area is 125 Å². The van der Waals surface area contributed by atoms with Crippen molar-refractivity contribution >= 4 is 17.9 Å². The van der Waals surface area contributed by atoms with E-state index in [-0.39, 0.29) is 12.5 Å². The van der Waals surface area contributed by atoms with Gasteiger partial charge in [-0.05, 0) is 32.6 Å². The van der Waals surface area contributed by atoms with Crippen LogP contribution in [-0.2, 0) is 9.59 Å². The van der Waals surface area contributed by atoms with Crippen LogP contribution in [0.15, 0.2) is 0 Å². The fraction of sp³-hybridized carbons (Fsp3) is 0.800. The number of imide groups is 1. The molecule has 1 aliphatic carbocycles. The molecule has 120 valence electrons. The summed E-state index contributed by atoms with van der Waals surface area (Å²) in [6.45, 7) is 5.02. The lowest BCUT2D eigenvalue weighted by Gasteiger charge is -2.23. The van der Waals surface area contributed by atoms with E-state index in [2.05, 4.69) is 17.6 Å². The molecule has 0 aliphatic heterocycles. The average molecular weight is 298 g/mol. The van der Waals surface area contributed by atoms with Gasteiger partial charge in [-0.15, -0.1) is 0 Å². The summed E-state index contributed by atoms with van der Waals surface area (Å²) in [6, 6.07) is -0.451. The Kier molecular flexibility index (Phi) is 6.18. The highest BCUT2D eigenvalue weighted by Gasteiger charge is 2.31. The number of carboxylic acid groups (broad SMARTS) is 1. The molecule has 1 aliphatic rings. The van der Waals surface area contributed by atoms with Gasteiger partial charge >= 0.3 is 12.0 Å². The van der Waals surface area contributed by atoms with Gasteiger partial charge in [-0.2, -0.15) is 0 Å². The first kappa shape index (κ1) is 17.5. The summed E-state index contributed by atoms with van der Waals surface area (Å²) < 4.78 is 0. The van der Waals surface area contributed by atoms with Crippen LogP contribution in [0.5, 0.6) is 0 Å². The van der Waals surface area contributed by atoms with E-state index < -0.39 is 23.3 Å². The summed E-state index contributed by atoms with van der Waals surface area (Å²) >= 11 is 0. The fourth-order valence-electron chi connectivity index (χ4n) is 2.56. The highest BCUT2D eigenvalue weighted by molar-refractivity contribution is 5.96. The molecule has 21 heavy (non-hydrogen) atoms. The number of nitrogens with one attached hydrogen (secondary N) is 2. The van der Waals surface area contributed by atoms with Crippen molar-refractivity contribution < 1.29 is 19.5 Å². The number of rotatable bonds is 4. The Morgan fingerprint density at radius 2 is 1.76 bits per heavy atom. The van der Waals surface area contributed by atoms with E-state index >= 15 is 0 Å². The maximum Gasteiger partial charge on any atom is 0.321 e. The summed E-state index contributed by atoms with van der Waals surface area (Å²) in [5.74, 6) is -1.24. The van der Waals surface area contributed by atoms with Crippen LogP contribution >= 0.6 is 0 Å². The van der Waals surface area contributed by atoms with Crippen molar-refractivity contribution in [2.45, 2.75) is 65.3 Å². The maximum absolute atomic E-state index is 11.8. The summed E-state index contributed by atoms with van der Waals surface area (Å²) in [5, 5.41) is 14.0. The molecule has 0 bridgehead atoms. The summed E-state index contributed by atoms with van der Waals surface area (Å²) in [6.07, 6.45) is 5.20. The molecule has 1 fully saturated rings. The predicted molar refractivity (Wildman–Crippen MR) is 78.7 cm³/mol. The second kappa shape index (κ2) is 7.43. The van der Waals surface area contributed by atoms with Gasteiger partial charge in [0.15, 0.2) is 0 Å². The lowest BCUT2D eigenvalue weighted by atomic mass is 9.89. The van der Waals surface area contributed by atoms with Crippen LogP contribution in [0.1, 0.15) is 59.3 Å². The number of carbonyl (C=O) groups is 3. The zero-order valence-corrected chi connectivity index (χ0v) is 13.1. The monoisotopic (exact) mass is 298 g/mol.